The smallest absolute Gasteiger partial charge is 0.240 e. The largest absolute Gasteiger partial charge is 0.496 e. The zero-order valence-corrected chi connectivity index (χ0v) is 9.64. The minimum atomic E-state index is 0.199. The van der Waals surface area contributed by atoms with Gasteiger partial charge in [0.2, 0.25) is 11.7 Å². The van der Waals surface area contributed by atoms with Crippen LogP contribution in [0.4, 0.5) is 0 Å². The zero-order valence-electron chi connectivity index (χ0n) is 9.64. The molecule has 1 aromatic carbocycles. The highest BCUT2D eigenvalue weighted by molar-refractivity contribution is 5.71. The van der Waals surface area contributed by atoms with Gasteiger partial charge in [-0.1, -0.05) is 11.2 Å². The van der Waals surface area contributed by atoms with E-state index in [9.17, 15) is 0 Å². The lowest BCUT2D eigenvalue weighted by molar-refractivity contribution is 0.377. The molecule has 2 rings (SSSR count). The number of benzene rings is 1. The quantitative estimate of drug-likeness (QED) is 0.857. The molecule has 0 unspecified atom stereocenters. The van der Waals surface area contributed by atoms with Gasteiger partial charge in [-0.05, 0) is 12.1 Å². The molecule has 0 radical (unpaired) electrons. The van der Waals surface area contributed by atoms with E-state index >= 15 is 0 Å². The van der Waals surface area contributed by atoms with E-state index in [0.717, 1.165) is 0 Å². The maximum Gasteiger partial charge on any atom is 0.240 e. The Bertz CT molecular complexity index is 488. The molecule has 0 fully saturated rings. The van der Waals surface area contributed by atoms with Gasteiger partial charge in [-0.25, -0.2) is 0 Å². The Morgan fingerprint density at radius 1 is 1.24 bits per heavy atom. The number of methoxy groups -OCH3 is 2. The van der Waals surface area contributed by atoms with Crippen molar-refractivity contribution in [2.24, 2.45) is 5.73 Å². The SMILES string of the molecule is COc1cccc(OC)c1-c1noc(CN)n1. The van der Waals surface area contributed by atoms with Gasteiger partial charge in [0.15, 0.2) is 0 Å². The maximum absolute atomic E-state index is 5.42. The van der Waals surface area contributed by atoms with Crippen LogP contribution in [0.1, 0.15) is 5.89 Å². The van der Waals surface area contributed by atoms with Gasteiger partial charge in [0, 0.05) is 0 Å². The van der Waals surface area contributed by atoms with Gasteiger partial charge in [-0.3, -0.25) is 0 Å². The second-order valence-corrected chi connectivity index (χ2v) is 3.25. The standard InChI is InChI=1S/C11H13N3O3/c1-15-7-4-3-5-8(16-2)10(7)11-13-9(6-12)17-14-11/h3-5H,6,12H2,1-2H3. The van der Waals surface area contributed by atoms with Crippen molar-refractivity contribution in [1.82, 2.24) is 10.1 Å². The highest BCUT2D eigenvalue weighted by Gasteiger charge is 2.17. The summed E-state index contributed by atoms with van der Waals surface area (Å²) in [5.74, 6) is 2.01. The summed E-state index contributed by atoms with van der Waals surface area (Å²) in [7, 11) is 3.14. The number of hydrogen-bond acceptors (Lipinski definition) is 6. The van der Waals surface area contributed by atoms with Crippen molar-refractivity contribution in [2.45, 2.75) is 6.54 Å². The van der Waals surface area contributed by atoms with Gasteiger partial charge >= 0.3 is 0 Å². The van der Waals surface area contributed by atoms with Crippen LogP contribution in [0.5, 0.6) is 11.5 Å². The predicted molar refractivity (Wildman–Crippen MR) is 60.7 cm³/mol. The molecular formula is C11H13N3O3. The zero-order chi connectivity index (χ0) is 12.3. The van der Waals surface area contributed by atoms with Crippen molar-refractivity contribution in [2.75, 3.05) is 14.2 Å². The molecule has 0 bridgehead atoms. The summed E-state index contributed by atoms with van der Waals surface area (Å²) >= 11 is 0. The summed E-state index contributed by atoms with van der Waals surface area (Å²) < 4.78 is 15.5. The van der Waals surface area contributed by atoms with Gasteiger partial charge in [0.1, 0.15) is 17.1 Å². The molecule has 0 aliphatic carbocycles. The third-order valence-corrected chi connectivity index (χ3v) is 2.29. The van der Waals surface area contributed by atoms with Crippen LogP contribution in [-0.2, 0) is 6.54 Å². The van der Waals surface area contributed by atoms with E-state index in [-0.39, 0.29) is 6.54 Å². The fraction of sp³-hybridized carbons (Fsp3) is 0.273. The monoisotopic (exact) mass is 235 g/mol. The van der Waals surface area contributed by atoms with E-state index in [2.05, 4.69) is 10.1 Å². The minimum absolute atomic E-state index is 0.199. The van der Waals surface area contributed by atoms with Crippen molar-refractivity contribution < 1.29 is 14.0 Å². The van der Waals surface area contributed by atoms with Crippen LogP contribution in [0.2, 0.25) is 0 Å². The number of aromatic nitrogens is 2. The molecule has 2 aromatic rings. The molecule has 0 saturated heterocycles. The first-order valence-electron chi connectivity index (χ1n) is 5.04. The van der Waals surface area contributed by atoms with Gasteiger partial charge in [0.25, 0.3) is 0 Å². The fourth-order valence-electron chi connectivity index (χ4n) is 1.51. The highest BCUT2D eigenvalue weighted by atomic mass is 16.5. The Kier molecular flexibility index (Phi) is 3.24. The molecule has 0 amide bonds. The van der Waals surface area contributed by atoms with Gasteiger partial charge in [-0.2, -0.15) is 4.98 Å². The summed E-state index contributed by atoms with van der Waals surface area (Å²) in [6, 6.07) is 5.43. The molecule has 1 heterocycles. The van der Waals surface area contributed by atoms with Crippen LogP contribution in [0.3, 0.4) is 0 Å². The van der Waals surface area contributed by atoms with E-state index < -0.39 is 0 Å². The van der Waals surface area contributed by atoms with Crippen molar-refractivity contribution in [1.29, 1.82) is 0 Å². The fourth-order valence-corrected chi connectivity index (χ4v) is 1.51. The van der Waals surface area contributed by atoms with E-state index in [1.807, 2.05) is 6.07 Å². The summed E-state index contributed by atoms with van der Waals surface area (Å²) in [5.41, 5.74) is 6.08. The van der Waals surface area contributed by atoms with Gasteiger partial charge in [0.05, 0.1) is 20.8 Å². The molecule has 2 N–H and O–H groups in total. The Balaban J connectivity index is 2.55. The Morgan fingerprint density at radius 2 is 1.88 bits per heavy atom. The third-order valence-electron chi connectivity index (χ3n) is 2.29. The van der Waals surface area contributed by atoms with Crippen molar-refractivity contribution in [3.05, 3.63) is 24.1 Å². The molecule has 6 nitrogen and oxygen atoms in total. The van der Waals surface area contributed by atoms with Crippen LogP contribution >= 0.6 is 0 Å². The minimum Gasteiger partial charge on any atom is -0.496 e. The molecule has 0 spiro atoms. The first-order chi connectivity index (χ1) is 8.30. The molecule has 6 heteroatoms. The summed E-state index contributed by atoms with van der Waals surface area (Å²) in [4.78, 5) is 4.15. The first kappa shape index (κ1) is 11.4. The van der Waals surface area contributed by atoms with Gasteiger partial charge < -0.3 is 19.7 Å². The van der Waals surface area contributed by atoms with Crippen LogP contribution in [-0.4, -0.2) is 24.4 Å². The predicted octanol–water partition coefficient (Wildman–Crippen LogP) is 1.21. The summed E-state index contributed by atoms with van der Waals surface area (Å²) in [5, 5.41) is 3.85. The topological polar surface area (TPSA) is 83.4 Å². The van der Waals surface area contributed by atoms with Crippen LogP contribution in [0.25, 0.3) is 11.4 Å². The number of hydrogen-bond donors (Lipinski definition) is 1. The molecule has 0 atom stereocenters. The average molecular weight is 235 g/mol. The molecule has 0 aliphatic rings. The molecule has 1 aromatic heterocycles. The molecule has 17 heavy (non-hydrogen) atoms. The van der Waals surface area contributed by atoms with Crippen molar-refractivity contribution in [3.63, 3.8) is 0 Å². The number of nitrogens with two attached hydrogens (primary N) is 1. The van der Waals surface area contributed by atoms with E-state index in [4.69, 9.17) is 19.7 Å². The van der Waals surface area contributed by atoms with Crippen LogP contribution < -0.4 is 15.2 Å². The number of nitrogens with zero attached hydrogens (tertiary/aromatic N) is 2. The molecule has 0 aliphatic heterocycles. The van der Waals surface area contributed by atoms with E-state index in [0.29, 0.717) is 28.8 Å². The van der Waals surface area contributed by atoms with Crippen molar-refractivity contribution in [3.8, 4) is 22.9 Å². The second kappa shape index (κ2) is 4.84. The summed E-state index contributed by atoms with van der Waals surface area (Å²) in [6.07, 6.45) is 0. The first-order valence-corrected chi connectivity index (χ1v) is 5.04. The lowest BCUT2D eigenvalue weighted by atomic mass is 10.1. The van der Waals surface area contributed by atoms with Crippen LogP contribution in [0.15, 0.2) is 22.7 Å². The van der Waals surface area contributed by atoms with Crippen molar-refractivity contribution >= 4 is 0 Å². The van der Waals surface area contributed by atoms with E-state index in [1.165, 1.54) is 0 Å². The normalized spacial score (nSPS) is 10.3. The van der Waals surface area contributed by atoms with Gasteiger partial charge in [-0.15, -0.1) is 0 Å². The summed E-state index contributed by atoms with van der Waals surface area (Å²) in [6.45, 7) is 0.199. The number of ether oxygens (including phenoxy) is 2. The second-order valence-electron chi connectivity index (χ2n) is 3.25. The lowest BCUT2D eigenvalue weighted by Gasteiger charge is -2.09. The lowest BCUT2D eigenvalue weighted by Crippen LogP contribution is -1.97. The molecule has 0 saturated carbocycles. The highest BCUT2D eigenvalue weighted by Crippen LogP contribution is 2.36. The number of rotatable bonds is 4. The maximum atomic E-state index is 5.42. The Hall–Kier alpha value is -2.08. The third kappa shape index (κ3) is 2.07. The molecular weight excluding hydrogens is 222 g/mol. The van der Waals surface area contributed by atoms with E-state index in [1.54, 1.807) is 26.4 Å². The Labute approximate surface area is 98.3 Å². The molecule has 90 valence electrons. The Morgan fingerprint density at radius 3 is 2.35 bits per heavy atom. The van der Waals surface area contributed by atoms with Crippen LogP contribution in [0, 0.1) is 0 Å². The average Bonchev–Trinajstić information content (AvgIpc) is 2.86.